The van der Waals surface area contributed by atoms with Gasteiger partial charge in [0.1, 0.15) is 5.75 Å². The summed E-state index contributed by atoms with van der Waals surface area (Å²) in [6.45, 7) is 7.05. The minimum absolute atomic E-state index is 0.0410. The molecule has 2 unspecified atom stereocenters. The molecule has 2 aliphatic rings. The number of ether oxygens (including phenoxy) is 2. The monoisotopic (exact) mass is 364 g/mol. The molecular formula is C17H21BrN2O2. The van der Waals surface area contributed by atoms with Crippen LogP contribution in [0.25, 0.3) is 10.9 Å². The highest BCUT2D eigenvalue weighted by molar-refractivity contribution is 9.10. The Kier molecular flexibility index (Phi) is 3.11. The van der Waals surface area contributed by atoms with E-state index < -0.39 is 0 Å². The summed E-state index contributed by atoms with van der Waals surface area (Å²) in [7, 11) is 0. The first-order valence-electron chi connectivity index (χ1n) is 7.89. The Morgan fingerprint density at radius 3 is 2.77 bits per heavy atom. The molecule has 1 aromatic carbocycles. The highest BCUT2D eigenvalue weighted by atomic mass is 79.9. The Bertz CT molecular complexity index is 730. The van der Waals surface area contributed by atoms with E-state index in [0.29, 0.717) is 0 Å². The molecule has 1 aliphatic carbocycles. The highest BCUT2D eigenvalue weighted by Crippen LogP contribution is 2.51. The predicted octanol–water partition coefficient (Wildman–Crippen LogP) is 4.25. The molecule has 1 saturated heterocycles. The van der Waals surface area contributed by atoms with E-state index in [1.165, 1.54) is 0 Å². The third-order valence-electron chi connectivity index (χ3n) is 4.92. The summed E-state index contributed by atoms with van der Waals surface area (Å²) in [6, 6.07) is 4.12. The normalized spacial score (nSPS) is 30.6. The summed E-state index contributed by atoms with van der Waals surface area (Å²) < 4.78 is 15.0. The van der Waals surface area contributed by atoms with Crippen LogP contribution in [0.3, 0.4) is 0 Å². The van der Waals surface area contributed by atoms with Crippen LogP contribution in [0.15, 0.2) is 22.8 Å². The lowest BCUT2D eigenvalue weighted by Gasteiger charge is -2.26. The maximum atomic E-state index is 6.00. The Balaban J connectivity index is 1.75. The van der Waals surface area contributed by atoms with Crippen LogP contribution in [-0.4, -0.2) is 28.1 Å². The van der Waals surface area contributed by atoms with Crippen molar-refractivity contribution in [3.8, 4) is 5.75 Å². The fourth-order valence-corrected chi connectivity index (χ4v) is 4.25. The summed E-state index contributed by atoms with van der Waals surface area (Å²) >= 11 is 3.60. The molecule has 4 rings (SSSR count). The van der Waals surface area contributed by atoms with E-state index in [1.807, 2.05) is 19.9 Å². The molecule has 2 bridgehead atoms. The maximum absolute atomic E-state index is 6.00. The van der Waals surface area contributed by atoms with Crippen LogP contribution in [0.5, 0.6) is 5.75 Å². The zero-order chi connectivity index (χ0) is 15.5. The average Bonchev–Trinajstić information content (AvgIpc) is 3.09. The van der Waals surface area contributed by atoms with Gasteiger partial charge in [-0.05, 0) is 55.6 Å². The number of aromatic nitrogens is 2. The molecule has 0 radical (unpaired) electrons. The van der Waals surface area contributed by atoms with Crippen LogP contribution in [0, 0.1) is 0 Å². The van der Waals surface area contributed by atoms with Gasteiger partial charge in [0.25, 0.3) is 0 Å². The number of halogens is 1. The van der Waals surface area contributed by atoms with E-state index in [0.717, 1.165) is 47.0 Å². The zero-order valence-electron chi connectivity index (χ0n) is 13.2. The third kappa shape index (κ3) is 2.17. The van der Waals surface area contributed by atoms with Gasteiger partial charge < -0.3 is 9.47 Å². The smallest absolute Gasteiger partial charge is 0.136 e. The summed E-state index contributed by atoms with van der Waals surface area (Å²) in [4.78, 5) is 0. The molecule has 22 heavy (non-hydrogen) atoms. The van der Waals surface area contributed by atoms with Crippen LogP contribution < -0.4 is 4.74 Å². The van der Waals surface area contributed by atoms with Gasteiger partial charge in [0.05, 0.1) is 33.8 Å². The van der Waals surface area contributed by atoms with E-state index >= 15 is 0 Å². The number of hydrogen-bond donors (Lipinski definition) is 0. The molecule has 4 nitrogen and oxygen atoms in total. The van der Waals surface area contributed by atoms with E-state index in [1.54, 1.807) is 0 Å². The maximum Gasteiger partial charge on any atom is 0.136 e. The van der Waals surface area contributed by atoms with E-state index in [-0.39, 0.29) is 17.2 Å². The topological polar surface area (TPSA) is 36.3 Å². The largest absolute Gasteiger partial charge is 0.490 e. The van der Waals surface area contributed by atoms with Crippen molar-refractivity contribution in [1.82, 2.24) is 9.78 Å². The number of fused-ring (bicyclic) bond motifs is 3. The molecule has 2 fully saturated rings. The molecule has 5 heteroatoms. The molecule has 0 N–H and O–H groups in total. The lowest BCUT2D eigenvalue weighted by molar-refractivity contribution is -0.0149. The SMILES string of the molecule is CC(C)Oc1cc2nn(C34CCC(C)(C3)OC4)cc2cc1Br. The van der Waals surface area contributed by atoms with Crippen molar-refractivity contribution >= 4 is 26.8 Å². The molecule has 2 heterocycles. The standard InChI is InChI=1S/C17H21BrN2O2/c1-11(2)22-15-7-14-12(6-13(15)18)8-20(19-14)17-5-4-16(3,9-17)21-10-17/h6-8,11H,4-5,9-10H2,1-3H3. The van der Waals surface area contributed by atoms with Gasteiger partial charge in [0, 0.05) is 24.1 Å². The van der Waals surface area contributed by atoms with Crippen molar-refractivity contribution in [3.63, 3.8) is 0 Å². The lowest BCUT2D eigenvalue weighted by atomic mass is 9.99. The zero-order valence-corrected chi connectivity index (χ0v) is 14.8. The van der Waals surface area contributed by atoms with Gasteiger partial charge in [-0.25, -0.2) is 0 Å². The second-order valence-corrected chi connectivity index (χ2v) is 8.08. The second-order valence-electron chi connectivity index (χ2n) is 7.22. The molecule has 2 aromatic rings. The summed E-state index contributed by atoms with van der Waals surface area (Å²) in [5.41, 5.74) is 1.07. The molecule has 0 amide bonds. The minimum Gasteiger partial charge on any atom is -0.490 e. The Hall–Kier alpha value is -1.07. The molecular weight excluding hydrogens is 344 g/mol. The minimum atomic E-state index is 0.0410. The van der Waals surface area contributed by atoms with Gasteiger partial charge in [-0.2, -0.15) is 5.10 Å². The first kappa shape index (κ1) is 14.5. The van der Waals surface area contributed by atoms with Crippen molar-refractivity contribution in [3.05, 3.63) is 22.8 Å². The number of nitrogens with zero attached hydrogens (tertiary/aromatic N) is 2. The van der Waals surface area contributed by atoms with E-state index in [2.05, 4.69) is 39.8 Å². The van der Waals surface area contributed by atoms with Crippen LogP contribution in [0.2, 0.25) is 0 Å². The molecule has 1 aliphatic heterocycles. The molecule has 0 spiro atoms. The summed E-state index contributed by atoms with van der Waals surface area (Å²) in [5, 5.41) is 5.98. The number of hydrogen-bond acceptors (Lipinski definition) is 3. The first-order valence-corrected chi connectivity index (χ1v) is 8.69. The van der Waals surface area contributed by atoms with Crippen molar-refractivity contribution in [2.45, 2.75) is 57.3 Å². The van der Waals surface area contributed by atoms with Crippen LogP contribution in [0.4, 0.5) is 0 Å². The van der Waals surface area contributed by atoms with Crippen molar-refractivity contribution < 1.29 is 9.47 Å². The summed E-state index contributed by atoms with van der Waals surface area (Å²) in [6.07, 6.45) is 5.63. The van der Waals surface area contributed by atoms with Gasteiger partial charge in [-0.15, -0.1) is 0 Å². The number of rotatable bonds is 3. The van der Waals surface area contributed by atoms with Gasteiger partial charge in [-0.3, -0.25) is 4.68 Å². The average molecular weight is 365 g/mol. The summed E-state index contributed by atoms with van der Waals surface area (Å²) in [5.74, 6) is 0.851. The van der Waals surface area contributed by atoms with Gasteiger partial charge in [-0.1, -0.05) is 0 Å². The lowest BCUT2D eigenvalue weighted by Crippen LogP contribution is -2.33. The van der Waals surface area contributed by atoms with E-state index in [4.69, 9.17) is 14.6 Å². The number of benzene rings is 1. The fourth-order valence-electron chi connectivity index (χ4n) is 3.80. The second kappa shape index (κ2) is 4.71. The third-order valence-corrected chi connectivity index (χ3v) is 5.54. The molecule has 118 valence electrons. The van der Waals surface area contributed by atoms with Gasteiger partial charge >= 0.3 is 0 Å². The van der Waals surface area contributed by atoms with Crippen LogP contribution >= 0.6 is 15.9 Å². The Morgan fingerprint density at radius 1 is 1.36 bits per heavy atom. The highest BCUT2D eigenvalue weighted by Gasteiger charge is 2.54. The predicted molar refractivity (Wildman–Crippen MR) is 89.4 cm³/mol. The molecule has 2 atom stereocenters. The Labute approximate surface area is 138 Å². The molecule has 1 saturated carbocycles. The fraction of sp³-hybridized carbons (Fsp3) is 0.588. The van der Waals surface area contributed by atoms with Crippen LogP contribution in [0.1, 0.15) is 40.0 Å². The van der Waals surface area contributed by atoms with Crippen molar-refractivity contribution in [1.29, 1.82) is 0 Å². The van der Waals surface area contributed by atoms with Crippen molar-refractivity contribution in [2.24, 2.45) is 0 Å². The molecule has 1 aromatic heterocycles. The quantitative estimate of drug-likeness (QED) is 0.816. The Morgan fingerprint density at radius 2 is 2.18 bits per heavy atom. The van der Waals surface area contributed by atoms with Crippen molar-refractivity contribution in [2.75, 3.05) is 6.61 Å². The van der Waals surface area contributed by atoms with E-state index in [9.17, 15) is 0 Å². The van der Waals surface area contributed by atoms with Crippen LogP contribution in [-0.2, 0) is 10.3 Å². The van der Waals surface area contributed by atoms with Gasteiger partial charge in [0.2, 0.25) is 0 Å². The van der Waals surface area contributed by atoms with Gasteiger partial charge in [0.15, 0.2) is 0 Å². The first-order chi connectivity index (χ1) is 10.4.